The van der Waals surface area contributed by atoms with Gasteiger partial charge in [0.15, 0.2) is 0 Å². The lowest BCUT2D eigenvalue weighted by Gasteiger charge is -2.19. The second-order valence-corrected chi connectivity index (χ2v) is 13.3. The molecule has 1 heterocycles. The van der Waals surface area contributed by atoms with Crippen molar-refractivity contribution in [2.75, 3.05) is 0 Å². The number of aromatic nitrogens is 1. The van der Waals surface area contributed by atoms with E-state index in [2.05, 4.69) is 148 Å². The Hall–Kier alpha value is -5.66. The predicted molar refractivity (Wildman–Crippen MR) is 225 cm³/mol. The van der Waals surface area contributed by atoms with E-state index in [0.717, 1.165) is 65.5 Å². The zero-order chi connectivity index (χ0) is 36.5. The monoisotopic (exact) mass is 682 g/mol. The van der Waals surface area contributed by atoms with Gasteiger partial charge in [-0.2, -0.15) is 0 Å². The maximum Gasteiger partial charge on any atom is 0.230 e. The average molecular weight is 683 g/mol. The first-order valence-electron chi connectivity index (χ1n) is 18.8. The first-order valence-corrected chi connectivity index (χ1v) is 18.8. The zero-order valence-corrected chi connectivity index (χ0v) is 31.3. The second kappa shape index (κ2) is 17.0. The van der Waals surface area contributed by atoms with Crippen LogP contribution >= 0.6 is 0 Å². The van der Waals surface area contributed by atoms with Gasteiger partial charge in [0.1, 0.15) is 0 Å². The van der Waals surface area contributed by atoms with E-state index in [1.165, 1.54) is 38.9 Å². The smallest absolute Gasteiger partial charge is 0.230 e. The third kappa shape index (κ3) is 7.65. The molecular formula is C48H50N4. The van der Waals surface area contributed by atoms with Crippen LogP contribution in [0.1, 0.15) is 88.2 Å². The van der Waals surface area contributed by atoms with Gasteiger partial charge in [-0.1, -0.05) is 112 Å². The molecule has 4 nitrogen and oxygen atoms in total. The van der Waals surface area contributed by atoms with Gasteiger partial charge in [-0.05, 0) is 121 Å². The highest BCUT2D eigenvalue weighted by atomic mass is 15.2. The van der Waals surface area contributed by atoms with Crippen LogP contribution in [-0.2, 0) is 12.8 Å². The predicted octanol–water partition coefficient (Wildman–Crippen LogP) is 11.4. The highest BCUT2D eigenvalue weighted by Crippen LogP contribution is 2.37. The number of rotatable bonds is 10. The highest BCUT2D eigenvalue weighted by Gasteiger charge is 2.23. The number of aryl methyl sites for hydroxylation is 1. The van der Waals surface area contributed by atoms with Crippen LogP contribution in [0.5, 0.6) is 0 Å². The summed E-state index contributed by atoms with van der Waals surface area (Å²) < 4.78 is 2.31. The maximum absolute atomic E-state index is 6.31. The van der Waals surface area contributed by atoms with Crippen molar-refractivity contribution in [2.24, 2.45) is 15.7 Å². The fourth-order valence-electron chi connectivity index (χ4n) is 7.31. The number of nitrogens with zero attached hydrogens (tertiary/aromatic N) is 3. The fourth-order valence-corrected chi connectivity index (χ4v) is 7.31. The lowest BCUT2D eigenvalue weighted by Crippen LogP contribution is -2.19. The summed E-state index contributed by atoms with van der Waals surface area (Å²) in [6.45, 7) is 11.0. The molecule has 0 fully saturated rings. The molecule has 0 bridgehead atoms. The van der Waals surface area contributed by atoms with E-state index in [1.807, 2.05) is 18.4 Å². The molecule has 262 valence electrons. The number of aliphatic imine (C=N–C) groups is 2. The summed E-state index contributed by atoms with van der Waals surface area (Å²) in [7, 11) is 0. The number of hydrogen-bond donors (Lipinski definition) is 1. The van der Waals surface area contributed by atoms with Gasteiger partial charge >= 0.3 is 0 Å². The van der Waals surface area contributed by atoms with Crippen LogP contribution in [0.4, 0.5) is 0 Å². The van der Waals surface area contributed by atoms with Crippen molar-refractivity contribution in [1.82, 2.24) is 4.57 Å². The van der Waals surface area contributed by atoms with E-state index >= 15 is 0 Å². The topological polar surface area (TPSA) is 55.7 Å². The van der Waals surface area contributed by atoms with E-state index in [0.29, 0.717) is 12.4 Å². The molecule has 6 rings (SSSR count). The normalized spacial score (nSPS) is 15.8. The molecule has 4 aromatic rings. The van der Waals surface area contributed by atoms with Gasteiger partial charge in [-0.25, -0.2) is 9.98 Å². The minimum Gasteiger partial charge on any atom is -0.404 e. The van der Waals surface area contributed by atoms with Crippen molar-refractivity contribution in [3.8, 4) is 23.0 Å². The molecule has 1 unspecified atom stereocenters. The average Bonchev–Trinajstić information content (AvgIpc) is 3.30. The van der Waals surface area contributed by atoms with Gasteiger partial charge in [0.25, 0.3) is 0 Å². The van der Waals surface area contributed by atoms with Gasteiger partial charge in [0.05, 0.1) is 11.6 Å². The van der Waals surface area contributed by atoms with Crippen LogP contribution in [0.3, 0.4) is 0 Å². The number of nitrogens with two attached hydrogens (primary N) is 1. The standard InChI is InChI=1S/C48H50N4/c1-6-34(5)47-42-31-39(38-25-19-26-40(30-38)43(32-49)41-27-18-17-22-36(41)7-2)28-29-46(42)52(45(47)9-4)48(50-33-35-20-13-10-11-14-21-35)51-44(8-3)37-23-15-12-16-24-37/h6,12-13,15,17-23,25-33,44H,7-9,14,16,24,49H2,1-5H3/b34-6+,43-32-,50-33+,51-48+. The Morgan fingerprint density at radius 2 is 1.85 bits per heavy atom. The van der Waals surface area contributed by atoms with Crippen LogP contribution < -0.4 is 5.73 Å². The molecule has 3 aromatic carbocycles. The van der Waals surface area contributed by atoms with Crippen LogP contribution in [0.15, 0.2) is 137 Å². The molecular weight excluding hydrogens is 633 g/mol. The van der Waals surface area contributed by atoms with Crippen molar-refractivity contribution in [2.45, 2.75) is 79.2 Å². The Bertz CT molecular complexity index is 2270. The van der Waals surface area contributed by atoms with E-state index in [9.17, 15) is 0 Å². The first kappa shape index (κ1) is 36.1. The van der Waals surface area contributed by atoms with Crippen molar-refractivity contribution in [1.29, 1.82) is 0 Å². The number of fused-ring (bicyclic) bond motifs is 1. The molecule has 52 heavy (non-hydrogen) atoms. The van der Waals surface area contributed by atoms with E-state index in [4.69, 9.17) is 15.7 Å². The summed E-state index contributed by atoms with van der Waals surface area (Å²) in [5, 5.41) is 1.19. The summed E-state index contributed by atoms with van der Waals surface area (Å²) in [6, 6.07) is 24.1. The summed E-state index contributed by atoms with van der Waals surface area (Å²) >= 11 is 0. The molecule has 1 aromatic heterocycles. The van der Waals surface area contributed by atoms with Crippen LogP contribution in [0, 0.1) is 11.8 Å². The van der Waals surface area contributed by atoms with E-state index < -0.39 is 0 Å². The van der Waals surface area contributed by atoms with E-state index in [1.54, 1.807) is 6.20 Å². The van der Waals surface area contributed by atoms with Crippen LogP contribution in [-0.4, -0.2) is 22.8 Å². The van der Waals surface area contributed by atoms with E-state index in [-0.39, 0.29) is 6.04 Å². The van der Waals surface area contributed by atoms with Crippen molar-refractivity contribution in [3.63, 3.8) is 0 Å². The minimum atomic E-state index is 0.0390. The Morgan fingerprint density at radius 1 is 1.00 bits per heavy atom. The Morgan fingerprint density at radius 3 is 2.60 bits per heavy atom. The lowest BCUT2D eigenvalue weighted by molar-refractivity contribution is 0.694. The number of benzene rings is 3. The van der Waals surface area contributed by atoms with Crippen LogP contribution in [0.2, 0.25) is 0 Å². The molecule has 0 saturated carbocycles. The summed E-state index contributed by atoms with van der Waals surface area (Å²) in [5.41, 5.74) is 20.4. The van der Waals surface area contributed by atoms with Gasteiger partial charge in [0.2, 0.25) is 5.96 Å². The fraction of sp³-hybridized carbons (Fsp3) is 0.250. The van der Waals surface area contributed by atoms with Gasteiger partial charge in [-0.3, -0.25) is 4.57 Å². The van der Waals surface area contributed by atoms with Crippen molar-refractivity contribution >= 4 is 34.2 Å². The molecule has 0 spiro atoms. The largest absolute Gasteiger partial charge is 0.404 e. The molecule has 0 radical (unpaired) electrons. The molecule has 4 heteroatoms. The lowest BCUT2D eigenvalue weighted by atomic mass is 9.91. The Kier molecular flexibility index (Phi) is 11.8. The summed E-state index contributed by atoms with van der Waals surface area (Å²) in [6.07, 6.45) is 24.0. The number of hydrogen-bond acceptors (Lipinski definition) is 2. The molecule has 0 saturated heterocycles. The van der Waals surface area contributed by atoms with Gasteiger partial charge in [-0.15, -0.1) is 0 Å². The molecule has 0 aliphatic heterocycles. The maximum atomic E-state index is 6.31. The molecule has 2 aliphatic rings. The van der Waals surface area contributed by atoms with Crippen LogP contribution in [0.25, 0.3) is 33.2 Å². The van der Waals surface area contributed by atoms with Gasteiger partial charge < -0.3 is 5.73 Å². The Labute approximate surface area is 310 Å². The SMILES string of the molecule is C/C=C(\C)c1c(CC)n(C(/N=C/C2=CCC#CC=C2)=N/C(CC)C2=CC=CCC2)c2ccc(-c3cccc(/C(=C/N)c4ccccc4CC)c3)cc12. The van der Waals surface area contributed by atoms with Gasteiger partial charge in [0, 0.05) is 41.1 Å². The third-order valence-electron chi connectivity index (χ3n) is 10.2. The third-order valence-corrected chi connectivity index (χ3v) is 10.2. The number of allylic oxidation sites excluding steroid dienone is 9. The molecule has 1 atom stereocenters. The van der Waals surface area contributed by atoms with Crippen molar-refractivity contribution in [3.05, 3.63) is 155 Å². The zero-order valence-electron chi connectivity index (χ0n) is 31.3. The van der Waals surface area contributed by atoms with Crippen molar-refractivity contribution < 1.29 is 0 Å². The minimum absolute atomic E-state index is 0.0390. The summed E-state index contributed by atoms with van der Waals surface area (Å²) in [5.74, 6) is 6.94. The molecule has 2 N–H and O–H groups in total. The first-order chi connectivity index (χ1) is 25.5. The Balaban J connectivity index is 1.53. The summed E-state index contributed by atoms with van der Waals surface area (Å²) in [4.78, 5) is 10.7. The quantitative estimate of drug-likeness (QED) is 0.101. The molecule has 2 aliphatic carbocycles. The molecule has 0 amide bonds. The second-order valence-electron chi connectivity index (χ2n) is 13.3. The highest BCUT2D eigenvalue weighted by molar-refractivity contribution is 6.06.